The van der Waals surface area contributed by atoms with E-state index in [4.69, 9.17) is 4.74 Å². The highest BCUT2D eigenvalue weighted by Gasteiger charge is 2.55. The molecule has 1 heterocycles. The zero-order valence-electron chi connectivity index (χ0n) is 10.9. The van der Waals surface area contributed by atoms with Gasteiger partial charge >= 0.3 is 5.97 Å². The van der Waals surface area contributed by atoms with E-state index in [2.05, 4.69) is 0 Å². The molecular formula is C13H21NO4. The summed E-state index contributed by atoms with van der Waals surface area (Å²) in [6.45, 7) is 3.92. The molecule has 1 aliphatic carbocycles. The first-order valence-corrected chi connectivity index (χ1v) is 6.69. The number of nitrogens with zero attached hydrogens (tertiary/aromatic N) is 1. The van der Waals surface area contributed by atoms with E-state index in [1.165, 1.54) is 0 Å². The number of amides is 1. The Labute approximate surface area is 107 Å². The molecule has 0 unspecified atom stereocenters. The Morgan fingerprint density at radius 3 is 2.89 bits per heavy atom. The molecule has 2 atom stereocenters. The van der Waals surface area contributed by atoms with Crippen LogP contribution >= 0.6 is 0 Å². The van der Waals surface area contributed by atoms with Crippen molar-refractivity contribution in [1.29, 1.82) is 0 Å². The number of likely N-dealkylation sites (tertiary alicyclic amines) is 1. The first-order valence-electron chi connectivity index (χ1n) is 6.69. The molecule has 102 valence electrons. The van der Waals surface area contributed by atoms with Crippen LogP contribution in [0.15, 0.2) is 0 Å². The van der Waals surface area contributed by atoms with Gasteiger partial charge in [-0.15, -0.1) is 0 Å². The number of hydrogen-bond donors (Lipinski definition) is 1. The highest BCUT2D eigenvalue weighted by atomic mass is 16.5. The molecule has 0 bridgehead atoms. The first-order chi connectivity index (χ1) is 8.60. The minimum atomic E-state index is -0.731. The van der Waals surface area contributed by atoms with Crippen LogP contribution < -0.4 is 0 Å². The highest BCUT2D eigenvalue weighted by molar-refractivity contribution is 5.81. The molecule has 1 saturated heterocycles. The number of rotatable bonds is 5. The van der Waals surface area contributed by atoms with E-state index in [1.807, 2.05) is 6.92 Å². The third kappa shape index (κ3) is 2.23. The van der Waals surface area contributed by atoms with E-state index in [0.717, 1.165) is 12.8 Å². The summed E-state index contributed by atoms with van der Waals surface area (Å²) in [5.74, 6) is -0.561. The van der Waals surface area contributed by atoms with Crippen LogP contribution in [0, 0.1) is 11.3 Å². The lowest BCUT2D eigenvalue weighted by Gasteiger charge is -2.23. The average molecular weight is 255 g/mol. The lowest BCUT2D eigenvalue weighted by Crippen LogP contribution is -2.37. The molecule has 1 saturated carbocycles. The molecule has 1 aliphatic heterocycles. The second-order valence-electron chi connectivity index (χ2n) is 5.27. The maximum Gasteiger partial charge on any atom is 0.311 e. The van der Waals surface area contributed by atoms with Crippen molar-refractivity contribution in [2.24, 2.45) is 11.3 Å². The van der Waals surface area contributed by atoms with E-state index in [1.54, 1.807) is 4.90 Å². The Hall–Kier alpha value is -1.10. The lowest BCUT2D eigenvalue weighted by molar-refractivity contribution is -0.149. The van der Waals surface area contributed by atoms with Gasteiger partial charge in [-0.1, -0.05) is 6.42 Å². The number of carboxylic acids is 1. The van der Waals surface area contributed by atoms with E-state index < -0.39 is 11.4 Å². The SMILES string of the molecule is CCOCCC(=O)N1C[C@@H]2CCC[C@@]2(C(=O)O)C1. The molecule has 5 heteroatoms. The third-order valence-electron chi connectivity index (χ3n) is 4.31. The molecule has 5 nitrogen and oxygen atoms in total. The maximum absolute atomic E-state index is 12.0. The van der Waals surface area contributed by atoms with Crippen molar-refractivity contribution >= 4 is 11.9 Å². The van der Waals surface area contributed by atoms with Gasteiger partial charge in [0.05, 0.1) is 18.4 Å². The van der Waals surface area contributed by atoms with Crippen molar-refractivity contribution in [2.45, 2.75) is 32.6 Å². The molecule has 0 radical (unpaired) electrons. The van der Waals surface area contributed by atoms with Gasteiger partial charge < -0.3 is 14.7 Å². The Balaban J connectivity index is 1.95. The van der Waals surface area contributed by atoms with E-state index in [-0.39, 0.29) is 11.8 Å². The molecule has 1 amide bonds. The predicted octanol–water partition coefficient (Wildman–Crippen LogP) is 1.13. The van der Waals surface area contributed by atoms with Gasteiger partial charge in [0, 0.05) is 19.7 Å². The zero-order chi connectivity index (χ0) is 13.2. The van der Waals surface area contributed by atoms with Crippen molar-refractivity contribution in [2.75, 3.05) is 26.3 Å². The Kier molecular flexibility index (Phi) is 3.90. The van der Waals surface area contributed by atoms with Gasteiger partial charge in [0.15, 0.2) is 0 Å². The van der Waals surface area contributed by atoms with Crippen molar-refractivity contribution in [3.8, 4) is 0 Å². The molecule has 1 N–H and O–H groups in total. The minimum Gasteiger partial charge on any atom is -0.481 e. The smallest absolute Gasteiger partial charge is 0.311 e. The van der Waals surface area contributed by atoms with Crippen LogP contribution in [0.25, 0.3) is 0 Å². The van der Waals surface area contributed by atoms with Gasteiger partial charge in [0.1, 0.15) is 0 Å². The molecule has 0 spiro atoms. The summed E-state index contributed by atoms with van der Waals surface area (Å²) in [7, 11) is 0. The normalized spacial score (nSPS) is 30.5. The van der Waals surface area contributed by atoms with Crippen molar-refractivity contribution in [1.82, 2.24) is 4.90 Å². The summed E-state index contributed by atoms with van der Waals surface area (Å²) in [6.07, 6.45) is 2.97. The van der Waals surface area contributed by atoms with Gasteiger partial charge in [0.25, 0.3) is 0 Å². The standard InChI is InChI=1S/C13H21NO4/c1-2-18-7-5-11(15)14-8-10-4-3-6-13(10,9-14)12(16)17/h10H,2-9H2,1H3,(H,16,17)/t10-,13+/m0/s1. The molecule has 2 rings (SSSR count). The summed E-state index contributed by atoms with van der Waals surface area (Å²) >= 11 is 0. The summed E-state index contributed by atoms with van der Waals surface area (Å²) in [4.78, 5) is 25.2. The summed E-state index contributed by atoms with van der Waals surface area (Å²) in [6, 6.07) is 0. The second kappa shape index (κ2) is 5.26. The fraction of sp³-hybridized carbons (Fsp3) is 0.846. The van der Waals surface area contributed by atoms with Gasteiger partial charge in [-0.05, 0) is 25.7 Å². The summed E-state index contributed by atoms with van der Waals surface area (Å²) in [5, 5.41) is 9.43. The number of carbonyl (C=O) groups is 2. The molecule has 18 heavy (non-hydrogen) atoms. The van der Waals surface area contributed by atoms with Crippen LogP contribution in [0.4, 0.5) is 0 Å². The maximum atomic E-state index is 12.0. The Morgan fingerprint density at radius 1 is 1.50 bits per heavy atom. The molecule has 2 fully saturated rings. The fourth-order valence-corrected chi connectivity index (χ4v) is 3.29. The van der Waals surface area contributed by atoms with Crippen molar-refractivity contribution in [3.05, 3.63) is 0 Å². The van der Waals surface area contributed by atoms with Crippen LogP contribution in [0.5, 0.6) is 0 Å². The monoisotopic (exact) mass is 255 g/mol. The van der Waals surface area contributed by atoms with Crippen LogP contribution in [-0.2, 0) is 14.3 Å². The number of carbonyl (C=O) groups excluding carboxylic acids is 1. The largest absolute Gasteiger partial charge is 0.481 e. The second-order valence-corrected chi connectivity index (χ2v) is 5.27. The molecular weight excluding hydrogens is 234 g/mol. The van der Waals surface area contributed by atoms with E-state index in [0.29, 0.717) is 39.1 Å². The summed E-state index contributed by atoms with van der Waals surface area (Å²) < 4.78 is 5.17. The average Bonchev–Trinajstić information content (AvgIpc) is 2.85. The van der Waals surface area contributed by atoms with Crippen molar-refractivity contribution in [3.63, 3.8) is 0 Å². The molecule has 2 aliphatic rings. The highest BCUT2D eigenvalue weighted by Crippen LogP contribution is 2.48. The van der Waals surface area contributed by atoms with Gasteiger partial charge in [-0.3, -0.25) is 9.59 Å². The van der Waals surface area contributed by atoms with Crippen LogP contribution in [-0.4, -0.2) is 48.2 Å². The predicted molar refractivity (Wildman–Crippen MR) is 65.1 cm³/mol. The number of ether oxygens (including phenoxy) is 1. The quantitative estimate of drug-likeness (QED) is 0.748. The van der Waals surface area contributed by atoms with Crippen molar-refractivity contribution < 1.29 is 19.4 Å². The first kappa shape index (κ1) is 13.3. The van der Waals surface area contributed by atoms with Gasteiger partial charge in [0.2, 0.25) is 5.91 Å². The molecule has 0 aromatic rings. The van der Waals surface area contributed by atoms with Crippen LogP contribution in [0.3, 0.4) is 0 Å². The number of carboxylic acid groups (broad SMARTS) is 1. The summed E-state index contributed by atoms with van der Waals surface area (Å²) in [5.41, 5.74) is -0.665. The van der Waals surface area contributed by atoms with E-state index >= 15 is 0 Å². The number of hydrogen-bond acceptors (Lipinski definition) is 3. The topological polar surface area (TPSA) is 66.8 Å². The van der Waals surface area contributed by atoms with Crippen LogP contribution in [0.2, 0.25) is 0 Å². The Bertz CT molecular complexity index is 344. The third-order valence-corrected chi connectivity index (χ3v) is 4.31. The van der Waals surface area contributed by atoms with Crippen LogP contribution in [0.1, 0.15) is 32.6 Å². The molecule has 0 aromatic carbocycles. The number of fused-ring (bicyclic) bond motifs is 1. The minimum absolute atomic E-state index is 0.0264. The van der Waals surface area contributed by atoms with E-state index in [9.17, 15) is 14.7 Å². The Morgan fingerprint density at radius 2 is 2.28 bits per heavy atom. The zero-order valence-corrected chi connectivity index (χ0v) is 10.9. The molecule has 0 aromatic heterocycles. The van der Waals surface area contributed by atoms with Gasteiger partial charge in [-0.2, -0.15) is 0 Å². The van der Waals surface area contributed by atoms with Gasteiger partial charge in [-0.25, -0.2) is 0 Å². The fourth-order valence-electron chi connectivity index (χ4n) is 3.29. The lowest BCUT2D eigenvalue weighted by atomic mass is 9.81. The number of aliphatic carboxylic acids is 1.